The van der Waals surface area contributed by atoms with E-state index in [1.807, 2.05) is 41.9 Å². The summed E-state index contributed by atoms with van der Waals surface area (Å²) in [6.07, 6.45) is -0.326. The molecule has 0 saturated heterocycles. The lowest BCUT2D eigenvalue weighted by molar-refractivity contribution is -0.130. The highest BCUT2D eigenvalue weighted by Crippen LogP contribution is 2.34. The Morgan fingerprint density at radius 3 is 1.97 bits per heavy atom. The average molecular weight is 507 g/mol. The van der Waals surface area contributed by atoms with Gasteiger partial charge in [-0.3, -0.25) is 9.36 Å². The van der Waals surface area contributed by atoms with Crippen LogP contribution in [-0.4, -0.2) is 42.2 Å². The molecule has 2 aromatic rings. The molecule has 35 heavy (non-hydrogen) atoms. The largest absolute Gasteiger partial charge is 0.445 e. The summed E-state index contributed by atoms with van der Waals surface area (Å²) in [5.74, 6) is -0.812. The van der Waals surface area contributed by atoms with Gasteiger partial charge in [-0.1, -0.05) is 60.7 Å². The molecule has 2 rings (SSSR count). The van der Waals surface area contributed by atoms with Gasteiger partial charge in [-0.25, -0.2) is 15.1 Å². The van der Waals surface area contributed by atoms with Crippen molar-refractivity contribution < 1.29 is 37.9 Å². The molecule has 3 amide bonds. The lowest BCUT2D eigenvalue weighted by atomic mass is 10.1. The standard InChI is InChI=1S/C23H30N3O8P/c1-35(30,31)34-26-21(27)20(25-23(29)33-17-19-12-6-3-7-13-19)14-8-9-15-24-22(28)32-16-18-10-4-2-5-11-18/h2-7,10-13,20H,8-9,14-17H2,1H3,(H,24,28)(H,25,29)(H,26,27)(H,30,31)/t20-/m0/s1. The molecule has 0 aromatic heterocycles. The van der Waals surface area contributed by atoms with Crippen LogP contribution in [0.2, 0.25) is 0 Å². The van der Waals surface area contributed by atoms with E-state index in [4.69, 9.17) is 9.47 Å². The van der Waals surface area contributed by atoms with Crippen molar-refractivity contribution in [1.29, 1.82) is 0 Å². The van der Waals surface area contributed by atoms with E-state index in [0.29, 0.717) is 12.8 Å². The van der Waals surface area contributed by atoms with Gasteiger partial charge in [-0.15, -0.1) is 0 Å². The number of hydrogen-bond donors (Lipinski definition) is 4. The summed E-state index contributed by atoms with van der Waals surface area (Å²) in [6, 6.07) is 17.1. The first-order valence-corrected chi connectivity index (χ1v) is 13.0. The maximum absolute atomic E-state index is 12.4. The van der Waals surface area contributed by atoms with Crippen LogP contribution in [0.1, 0.15) is 30.4 Å². The highest BCUT2D eigenvalue weighted by Gasteiger charge is 2.23. The second-order valence-corrected chi connectivity index (χ2v) is 9.39. The van der Waals surface area contributed by atoms with Gasteiger partial charge >= 0.3 is 19.8 Å². The highest BCUT2D eigenvalue weighted by molar-refractivity contribution is 7.51. The van der Waals surface area contributed by atoms with E-state index >= 15 is 0 Å². The highest BCUT2D eigenvalue weighted by atomic mass is 31.2. The van der Waals surface area contributed by atoms with E-state index in [1.54, 1.807) is 24.3 Å². The molecule has 0 spiro atoms. The molecule has 0 aliphatic heterocycles. The van der Waals surface area contributed by atoms with Gasteiger partial charge in [0, 0.05) is 13.2 Å². The van der Waals surface area contributed by atoms with Crippen LogP contribution in [0.15, 0.2) is 60.7 Å². The van der Waals surface area contributed by atoms with E-state index in [2.05, 4.69) is 15.3 Å². The number of carbonyl (C=O) groups excluding carboxylic acids is 3. The molecule has 11 nitrogen and oxygen atoms in total. The molecule has 1 unspecified atom stereocenters. The molecule has 0 bridgehead atoms. The first-order valence-electron chi connectivity index (χ1n) is 10.9. The lowest BCUT2D eigenvalue weighted by Gasteiger charge is -2.18. The Kier molecular flexibility index (Phi) is 11.8. The maximum Gasteiger partial charge on any atom is 0.408 e. The van der Waals surface area contributed by atoms with Crippen LogP contribution < -0.4 is 16.1 Å². The van der Waals surface area contributed by atoms with E-state index in [-0.39, 0.29) is 26.2 Å². The number of benzene rings is 2. The van der Waals surface area contributed by atoms with Gasteiger partial charge in [0.2, 0.25) is 0 Å². The molecule has 0 fully saturated rings. The first kappa shape index (κ1) is 27.8. The number of nitrogens with one attached hydrogen (secondary N) is 3. The topological polar surface area (TPSA) is 152 Å². The summed E-state index contributed by atoms with van der Waals surface area (Å²) in [7, 11) is -3.96. The summed E-state index contributed by atoms with van der Waals surface area (Å²) in [4.78, 5) is 45.5. The Morgan fingerprint density at radius 2 is 1.43 bits per heavy atom. The van der Waals surface area contributed by atoms with Crippen molar-refractivity contribution in [3.8, 4) is 0 Å². The number of carbonyl (C=O) groups is 3. The summed E-state index contributed by atoms with van der Waals surface area (Å²) < 4.78 is 26.0. The second-order valence-electron chi connectivity index (χ2n) is 7.60. The molecule has 190 valence electrons. The smallest absolute Gasteiger partial charge is 0.408 e. The fourth-order valence-electron chi connectivity index (χ4n) is 2.81. The molecule has 4 N–H and O–H groups in total. The van der Waals surface area contributed by atoms with Crippen molar-refractivity contribution in [3.05, 3.63) is 71.8 Å². The normalized spacial score (nSPS) is 13.1. The fraction of sp³-hybridized carbons (Fsp3) is 0.348. The Labute approximate surface area is 203 Å². The number of rotatable bonds is 13. The van der Waals surface area contributed by atoms with Crippen molar-refractivity contribution in [3.63, 3.8) is 0 Å². The van der Waals surface area contributed by atoms with Crippen molar-refractivity contribution in [2.24, 2.45) is 0 Å². The minimum absolute atomic E-state index is 0.00727. The van der Waals surface area contributed by atoms with Crippen molar-refractivity contribution in [2.45, 2.75) is 38.5 Å². The number of amides is 3. The van der Waals surface area contributed by atoms with Crippen LogP contribution in [0.4, 0.5) is 9.59 Å². The van der Waals surface area contributed by atoms with Crippen LogP contribution in [-0.2, 0) is 36.7 Å². The summed E-state index contributed by atoms with van der Waals surface area (Å²) in [6.45, 7) is 1.35. The third kappa shape index (κ3) is 12.6. The molecule has 0 radical (unpaired) electrons. The predicted octanol–water partition coefficient (Wildman–Crippen LogP) is 3.24. The third-order valence-electron chi connectivity index (χ3n) is 4.54. The number of alkyl carbamates (subject to hydrolysis) is 2. The Hall–Kier alpha value is -3.40. The van der Waals surface area contributed by atoms with Crippen molar-refractivity contribution in [1.82, 2.24) is 16.1 Å². The van der Waals surface area contributed by atoms with Crippen molar-refractivity contribution >= 4 is 25.7 Å². The minimum atomic E-state index is -3.96. The molecule has 2 atom stereocenters. The number of ether oxygens (including phenoxy) is 2. The zero-order valence-electron chi connectivity index (χ0n) is 19.3. The molecule has 0 aliphatic carbocycles. The van der Waals surface area contributed by atoms with Crippen LogP contribution in [0.25, 0.3) is 0 Å². The summed E-state index contributed by atoms with van der Waals surface area (Å²) in [5.41, 5.74) is 3.51. The van der Waals surface area contributed by atoms with E-state index in [0.717, 1.165) is 17.8 Å². The van der Waals surface area contributed by atoms with Gasteiger partial charge in [0.1, 0.15) is 19.3 Å². The average Bonchev–Trinajstić information content (AvgIpc) is 2.84. The third-order valence-corrected chi connectivity index (χ3v) is 4.97. The van der Waals surface area contributed by atoms with Gasteiger partial charge in [0.05, 0.1) is 0 Å². The molecule has 0 aliphatic rings. The molecular weight excluding hydrogens is 477 g/mol. The molecule has 12 heteroatoms. The Morgan fingerprint density at radius 1 is 0.886 bits per heavy atom. The Bertz CT molecular complexity index is 985. The van der Waals surface area contributed by atoms with Gasteiger partial charge in [0.15, 0.2) is 0 Å². The second kappa shape index (κ2) is 14.8. The summed E-state index contributed by atoms with van der Waals surface area (Å²) in [5, 5.41) is 5.04. The molecule has 0 saturated carbocycles. The van der Waals surface area contributed by atoms with Gasteiger partial charge in [0.25, 0.3) is 5.91 Å². The van der Waals surface area contributed by atoms with Crippen LogP contribution in [0.5, 0.6) is 0 Å². The fourth-order valence-corrected chi connectivity index (χ4v) is 3.07. The molecule has 0 heterocycles. The first-order chi connectivity index (χ1) is 16.7. The Balaban J connectivity index is 1.75. The quantitative estimate of drug-likeness (QED) is 0.183. The SMILES string of the molecule is CP(=O)(O)ONC(=O)[C@H](CCCCNC(=O)OCc1ccccc1)NC(=O)OCc1ccccc1. The van der Waals surface area contributed by atoms with Crippen molar-refractivity contribution in [2.75, 3.05) is 13.2 Å². The zero-order valence-corrected chi connectivity index (χ0v) is 20.2. The monoisotopic (exact) mass is 507 g/mol. The zero-order chi connectivity index (χ0) is 25.5. The number of hydroxylamine groups is 1. The van der Waals surface area contributed by atoms with Gasteiger partial charge in [-0.2, -0.15) is 4.62 Å². The van der Waals surface area contributed by atoms with E-state index < -0.39 is 31.7 Å². The van der Waals surface area contributed by atoms with Crippen LogP contribution in [0.3, 0.4) is 0 Å². The van der Waals surface area contributed by atoms with E-state index in [9.17, 15) is 23.8 Å². The van der Waals surface area contributed by atoms with E-state index in [1.165, 1.54) is 0 Å². The lowest BCUT2D eigenvalue weighted by Crippen LogP contribution is -2.46. The van der Waals surface area contributed by atoms with Gasteiger partial charge in [-0.05, 0) is 30.4 Å². The number of unbranched alkanes of at least 4 members (excludes halogenated alkanes) is 1. The maximum atomic E-state index is 12.4. The summed E-state index contributed by atoms with van der Waals surface area (Å²) >= 11 is 0. The molecular formula is C23H30N3O8P. The van der Waals surface area contributed by atoms with Gasteiger partial charge < -0.3 is 25.0 Å². The minimum Gasteiger partial charge on any atom is -0.445 e. The van der Waals surface area contributed by atoms with Crippen LogP contribution in [0, 0.1) is 0 Å². The number of hydrogen-bond acceptors (Lipinski definition) is 7. The predicted molar refractivity (Wildman–Crippen MR) is 127 cm³/mol. The van der Waals surface area contributed by atoms with Crippen LogP contribution >= 0.6 is 7.60 Å². The molecule has 2 aromatic carbocycles.